The summed E-state index contributed by atoms with van der Waals surface area (Å²) < 4.78 is 0. The van der Waals surface area contributed by atoms with Crippen LogP contribution in [-0.4, -0.2) is 18.7 Å². The molecule has 1 aromatic carbocycles. The van der Waals surface area contributed by atoms with Crippen molar-refractivity contribution in [1.82, 2.24) is 0 Å². The number of fused-ring (bicyclic) bond motifs is 1. The molecule has 0 aliphatic carbocycles. The van der Waals surface area contributed by atoms with Gasteiger partial charge in [-0.25, -0.2) is 0 Å². The van der Waals surface area contributed by atoms with E-state index in [1.807, 2.05) is 0 Å². The fourth-order valence-corrected chi connectivity index (χ4v) is 2.48. The van der Waals surface area contributed by atoms with E-state index in [0.29, 0.717) is 5.92 Å². The first-order chi connectivity index (χ1) is 8.11. The molecule has 94 valence electrons. The molecule has 2 heteroatoms. The van der Waals surface area contributed by atoms with Crippen molar-refractivity contribution in [2.24, 2.45) is 5.92 Å². The van der Waals surface area contributed by atoms with Crippen molar-refractivity contribution < 1.29 is 5.11 Å². The second-order valence-electron chi connectivity index (χ2n) is 5.32. The van der Waals surface area contributed by atoms with Crippen LogP contribution in [0.25, 0.3) is 0 Å². The summed E-state index contributed by atoms with van der Waals surface area (Å²) >= 11 is 0. The van der Waals surface area contributed by atoms with E-state index < -0.39 is 0 Å². The third-order valence-electron chi connectivity index (χ3n) is 3.94. The maximum atomic E-state index is 10.2. The number of anilines is 1. The molecule has 0 saturated heterocycles. The van der Waals surface area contributed by atoms with Crippen molar-refractivity contribution in [3.63, 3.8) is 0 Å². The van der Waals surface area contributed by atoms with Gasteiger partial charge in [0.05, 0.1) is 6.10 Å². The summed E-state index contributed by atoms with van der Waals surface area (Å²) in [7, 11) is 2.13. The molecular formula is C15H23NO. The van der Waals surface area contributed by atoms with E-state index >= 15 is 0 Å². The van der Waals surface area contributed by atoms with Gasteiger partial charge in [0.25, 0.3) is 0 Å². The zero-order valence-electron chi connectivity index (χ0n) is 11.1. The molecule has 1 heterocycles. The lowest BCUT2D eigenvalue weighted by atomic mass is 9.95. The lowest BCUT2D eigenvalue weighted by Gasteiger charge is -2.17. The lowest BCUT2D eigenvalue weighted by molar-refractivity contribution is 0.146. The zero-order valence-corrected chi connectivity index (χ0v) is 11.1. The van der Waals surface area contributed by atoms with Gasteiger partial charge >= 0.3 is 0 Å². The standard InChI is InChI=1S/C15H23NO/c1-4-11(2)9-15(17)13-5-6-14-12(10-13)7-8-16(14)3/h5-6,10-11,15,17H,4,7-9H2,1-3H3. The number of hydrogen-bond donors (Lipinski definition) is 1. The van der Waals surface area contributed by atoms with Crippen LogP contribution in [0, 0.1) is 5.92 Å². The van der Waals surface area contributed by atoms with Crippen LogP contribution >= 0.6 is 0 Å². The Hall–Kier alpha value is -1.02. The van der Waals surface area contributed by atoms with Crippen molar-refractivity contribution in [1.29, 1.82) is 0 Å². The van der Waals surface area contributed by atoms with Crippen LogP contribution in [-0.2, 0) is 6.42 Å². The van der Waals surface area contributed by atoms with Crippen LogP contribution < -0.4 is 4.90 Å². The van der Waals surface area contributed by atoms with Crippen molar-refractivity contribution >= 4 is 5.69 Å². The lowest BCUT2D eigenvalue weighted by Crippen LogP contribution is -2.12. The van der Waals surface area contributed by atoms with Crippen LogP contribution in [0.5, 0.6) is 0 Å². The molecule has 17 heavy (non-hydrogen) atoms. The molecule has 2 rings (SSSR count). The minimum absolute atomic E-state index is 0.304. The SMILES string of the molecule is CCC(C)CC(O)c1ccc2c(c1)CCN2C. The topological polar surface area (TPSA) is 23.5 Å². The summed E-state index contributed by atoms with van der Waals surface area (Å²) in [6.45, 7) is 5.47. The van der Waals surface area contributed by atoms with E-state index in [2.05, 4.69) is 44.0 Å². The van der Waals surface area contributed by atoms with Gasteiger partial charge in [-0.3, -0.25) is 0 Å². The molecule has 1 aromatic rings. The largest absolute Gasteiger partial charge is 0.388 e. The van der Waals surface area contributed by atoms with Crippen LogP contribution in [0.2, 0.25) is 0 Å². The summed E-state index contributed by atoms with van der Waals surface area (Å²) in [5.41, 5.74) is 3.79. The molecule has 1 aliphatic rings. The van der Waals surface area contributed by atoms with Crippen molar-refractivity contribution in [3.05, 3.63) is 29.3 Å². The summed E-state index contributed by atoms with van der Waals surface area (Å²) in [6, 6.07) is 6.41. The summed E-state index contributed by atoms with van der Waals surface area (Å²) in [6.07, 6.45) is 2.80. The predicted octanol–water partition coefficient (Wildman–Crippen LogP) is 3.15. The Balaban J connectivity index is 2.12. The summed E-state index contributed by atoms with van der Waals surface area (Å²) in [5, 5.41) is 10.2. The van der Waals surface area contributed by atoms with E-state index in [-0.39, 0.29) is 6.10 Å². The Kier molecular flexibility index (Phi) is 3.72. The zero-order chi connectivity index (χ0) is 12.4. The molecule has 2 atom stereocenters. The van der Waals surface area contributed by atoms with Gasteiger partial charge in [0, 0.05) is 19.3 Å². The summed E-state index contributed by atoms with van der Waals surface area (Å²) in [4.78, 5) is 2.28. The first-order valence-electron chi connectivity index (χ1n) is 6.63. The average Bonchev–Trinajstić information content (AvgIpc) is 2.70. The third kappa shape index (κ3) is 2.63. The highest BCUT2D eigenvalue weighted by Gasteiger charge is 2.18. The number of benzene rings is 1. The van der Waals surface area contributed by atoms with E-state index in [4.69, 9.17) is 0 Å². The van der Waals surface area contributed by atoms with Crippen molar-refractivity contribution in [2.75, 3.05) is 18.5 Å². The van der Waals surface area contributed by atoms with E-state index in [1.165, 1.54) is 11.3 Å². The maximum Gasteiger partial charge on any atom is 0.0792 e. The Morgan fingerprint density at radius 3 is 2.88 bits per heavy atom. The molecular weight excluding hydrogens is 210 g/mol. The monoisotopic (exact) mass is 233 g/mol. The number of nitrogens with zero attached hydrogens (tertiary/aromatic N) is 1. The number of rotatable bonds is 4. The third-order valence-corrected chi connectivity index (χ3v) is 3.94. The van der Waals surface area contributed by atoms with Gasteiger partial charge < -0.3 is 10.0 Å². The molecule has 0 amide bonds. The number of aliphatic hydroxyl groups is 1. The Morgan fingerprint density at radius 1 is 1.41 bits per heavy atom. The van der Waals surface area contributed by atoms with Gasteiger partial charge in [-0.1, -0.05) is 32.4 Å². The van der Waals surface area contributed by atoms with Crippen LogP contribution in [0.1, 0.15) is 43.9 Å². The first-order valence-corrected chi connectivity index (χ1v) is 6.63. The van der Waals surface area contributed by atoms with E-state index in [0.717, 1.165) is 31.4 Å². The van der Waals surface area contributed by atoms with E-state index in [9.17, 15) is 5.11 Å². The average molecular weight is 233 g/mol. The van der Waals surface area contributed by atoms with Gasteiger partial charge in [-0.15, -0.1) is 0 Å². The van der Waals surface area contributed by atoms with Gasteiger partial charge in [-0.2, -0.15) is 0 Å². The summed E-state index contributed by atoms with van der Waals surface area (Å²) in [5.74, 6) is 0.584. The normalized spacial score (nSPS) is 18.0. The Morgan fingerprint density at radius 2 is 2.18 bits per heavy atom. The second-order valence-corrected chi connectivity index (χ2v) is 5.32. The molecule has 0 saturated carbocycles. The van der Waals surface area contributed by atoms with Gasteiger partial charge in [-0.05, 0) is 36.0 Å². The Bertz CT molecular complexity index is 389. The molecule has 0 bridgehead atoms. The molecule has 0 spiro atoms. The van der Waals surface area contributed by atoms with Gasteiger partial charge in [0.15, 0.2) is 0 Å². The highest BCUT2D eigenvalue weighted by atomic mass is 16.3. The first kappa shape index (κ1) is 12.4. The predicted molar refractivity (Wildman–Crippen MR) is 72.4 cm³/mol. The maximum absolute atomic E-state index is 10.2. The molecule has 0 fully saturated rings. The molecule has 2 unspecified atom stereocenters. The molecule has 0 radical (unpaired) electrons. The minimum Gasteiger partial charge on any atom is -0.388 e. The van der Waals surface area contributed by atoms with Crippen molar-refractivity contribution in [3.8, 4) is 0 Å². The highest BCUT2D eigenvalue weighted by Crippen LogP contribution is 2.31. The molecule has 1 N–H and O–H groups in total. The van der Waals surface area contributed by atoms with Crippen LogP contribution in [0.3, 0.4) is 0 Å². The number of aliphatic hydroxyl groups excluding tert-OH is 1. The molecule has 1 aliphatic heterocycles. The smallest absolute Gasteiger partial charge is 0.0792 e. The van der Waals surface area contributed by atoms with Gasteiger partial charge in [0.2, 0.25) is 0 Å². The molecule has 2 nitrogen and oxygen atoms in total. The number of likely N-dealkylation sites (N-methyl/N-ethyl adjacent to an activating group) is 1. The van der Waals surface area contributed by atoms with E-state index in [1.54, 1.807) is 0 Å². The van der Waals surface area contributed by atoms with Crippen molar-refractivity contribution in [2.45, 2.75) is 39.2 Å². The van der Waals surface area contributed by atoms with Gasteiger partial charge in [0.1, 0.15) is 0 Å². The molecule has 0 aromatic heterocycles. The fraction of sp³-hybridized carbons (Fsp3) is 0.600. The fourth-order valence-electron chi connectivity index (χ4n) is 2.48. The highest BCUT2D eigenvalue weighted by molar-refractivity contribution is 5.58. The van der Waals surface area contributed by atoms with Crippen LogP contribution in [0.4, 0.5) is 5.69 Å². The quantitative estimate of drug-likeness (QED) is 0.863. The number of hydrogen-bond acceptors (Lipinski definition) is 2. The minimum atomic E-state index is -0.304. The van der Waals surface area contributed by atoms with Crippen LogP contribution in [0.15, 0.2) is 18.2 Å². The second kappa shape index (κ2) is 5.09. The Labute approximate surface area is 104 Å².